The molecule has 0 spiro atoms. The maximum absolute atomic E-state index is 12.0. The zero-order valence-corrected chi connectivity index (χ0v) is 27.0. The van der Waals surface area contributed by atoms with Crippen molar-refractivity contribution in [3.05, 3.63) is 0 Å². The summed E-state index contributed by atoms with van der Waals surface area (Å²) in [5.74, 6) is -0.224. The average Bonchev–Trinajstić information content (AvgIpc) is 2.93. The lowest BCUT2D eigenvalue weighted by atomic mass is 10.0. The Hall–Kier alpha value is -0.570. The van der Waals surface area contributed by atoms with Gasteiger partial charge >= 0.3 is 5.97 Å². The Kier molecular flexibility index (Phi) is 33.1. The molecule has 3 heteroatoms. The summed E-state index contributed by atoms with van der Waals surface area (Å²) in [6, 6.07) is 0. The van der Waals surface area contributed by atoms with E-state index in [1.165, 1.54) is 167 Å². The molecule has 0 aliphatic carbocycles. The highest BCUT2D eigenvalue weighted by atomic mass is 16.5. The first kappa shape index (κ1) is 38.4. The first-order chi connectivity index (χ1) is 19.2. The summed E-state index contributed by atoms with van der Waals surface area (Å²) in [6.45, 7) is 5.08. The summed E-state index contributed by atoms with van der Waals surface area (Å²) in [4.78, 5) is 12.0. The molecule has 0 aliphatic heterocycles. The number of unbranched alkanes of at least 4 members (excludes halogenated alkanes) is 27. The van der Waals surface area contributed by atoms with Crippen molar-refractivity contribution in [3.63, 3.8) is 0 Å². The number of hydrogen-bond acceptors (Lipinski definition) is 3. The lowest BCUT2D eigenvalue weighted by molar-refractivity contribution is -0.146. The van der Waals surface area contributed by atoms with Gasteiger partial charge in [-0.05, 0) is 12.8 Å². The Balaban J connectivity index is 3.26. The summed E-state index contributed by atoms with van der Waals surface area (Å²) < 4.78 is 5.35. The van der Waals surface area contributed by atoms with Gasteiger partial charge in [0.25, 0.3) is 0 Å². The van der Waals surface area contributed by atoms with Crippen molar-refractivity contribution in [3.8, 4) is 0 Å². The Morgan fingerprint density at radius 1 is 0.462 bits per heavy atom. The molecule has 0 aromatic heterocycles. The second-order valence-electron chi connectivity index (χ2n) is 12.4. The highest BCUT2D eigenvalue weighted by Gasteiger charge is 2.11. The van der Waals surface area contributed by atoms with E-state index in [1.807, 2.05) is 0 Å². The second kappa shape index (κ2) is 33.6. The van der Waals surface area contributed by atoms with E-state index in [9.17, 15) is 9.90 Å². The smallest absolute Gasteiger partial charge is 0.308 e. The normalized spacial score (nSPS) is 12.2. The van der Waals surface area contributed by atoms with Crippen LogP contribution in [0.25, 0.3) is 0 Å². The fourth-order valence-corrected chi connectivity index (χ4v) is 5.59. The molecule has 0 heterocycles. The first-order valence-electron chi connectivity index (χ1n) is 18.0. The van der Waals surface area contributed by atoms with E-state index in [1.54, 1.807) is 0 Å². The largest absolute Gasteiger partial charge is 0.466 e. The van der Waals surface area contributed by atoms with Crippen LogP contribution in [0.4, 0.5) is 0 Å². The van der Waals surface area contributed by atoms with Gasteiger partial charge in [-0.2, -0.15) is 0 Å². The first-order valence-corrected chi connectivity index (χ1v) is 18.0. The van der Waals surface area contributed by atoms with Crippen LogP contribution in [0.1, 0.15) is 213 Å². The predicted molar refractivity (Wildman–Crippen MR) is 171 cm³/mol. The number of rotatable bonds is 33. The quantitative estimate of drug-likeness (QED) is 0.0650. The van der Waals surface area contributed by atoms with E-state index in [4.69, 9.17) is 4.74 Å². The summed E-state index contributed by atoms with van der Waals surface area (Å²) >= 11 is 0. The Labute approximate surface area is 246 Å². The third kappa shape index (κ3) is 33.5. The van der Waals surface area contributed by atoms with Crippen LogP contribution in [-0.2, 0) is 9.53 Å². The topological polar surface area (TPSA) is 46.5 Å². The molecular weight excluding hydrogens is 480 g/mol. The second-order valence-corrected chi connectivity index (χ2v) is 12.4. The average molecular weight is 553 g/mol. The summed E-state index contributed by atoms with van der Waals surface area (Å²) in [5, 5.41) is 10.1. The fourth-order valence-electron chi connectivity index (χ4n) is 5.59. The van der Waals surface area contributed by atoms with E-state index in [0.29, 0.717) is 6.61 Å². The van der Waals surface area contributed by atoms with Crippen molar-refractivity contribution in [2.24, 2.45) is 0 Å². The highest BCUT2D eigenvalue weighted by Crippen LogP contribution is 2.15. The summed E-state index contributed by atoms with van der Waals surface area (Å²) in [5.41, 5.74) is 0. The SMILES string of the molecule is CCCCCCCCCCCCCCCCCCOC(=O)CC(O)CCCCCCCCCCCCCCC. The Bertz CT molecular complexity index is 464. The molecule has 1 atom stereocenters. The lowest BCUT2D eigenvalue weighted by Crippen LogP contribution is -2.16. The minimum Gasteiger partial charge on any atom is -0.466 e. The molecule has 0 radical (unpaired) electrons. The maximum Gasteiger partial charge on any atom is 0.308 e. The molecule has 1 N–H and O–H groups in total. The molecule has 39 heavy (non-hydrogen) atoms. The van der Waals surface area contributed by atoms with Crippen LogP contribution in [-0.4, -0.2) is 23.8 Å². The van der Waals surface area contributed by atoms with Crippen LogP contribution in [0.3, 0.4) is 0 Å². The van der Waals surface area contributed by atoms with Gasteiger partial charge in [0, 0.05) is 0 Å². The van der Waals surface area contributed by atoms with Crippen molar-refractivity contribution in [1.29, 1.82) is 0 Å². The van der Waals surface area contributed by atoms with Crippen LogP contribution in [0.15, 0.2) is 0 Å². The molecule has 0 aliphatic rings. The van der Waals surface area contributed by atoms with Gasteiger partial charge in [0.2, 0.25) is 0 Å². The third-order valence-corrected chi connectivity index (χ3v) is 8.30. The van der Waals surface area contributed by atoms with Gasteiger partial charge in [0.15, 0.2) is 0 Å². The molecule has 0 aromatic rings. The van der Waals surface area contributed by atoms with Gasteiger partial charge in [-0.3, -0.25) is 4.79 Å². The zero-order valence-electron chi connectivity index (χ0n) is 27.0. The maximum atomic E-state index is 12.0. The number of hydrogen-bond donors (Lipinski definition) is 1. The number of aliphatic hydroxyl groups excluding tert-OH is 1. The van der Waals surface area contributed by atoms with Gasteiger partial charge in [-0.25, -0.2) is 0 Å². The van der Waals surface area contributed by atoms with Crippen molar-refractivity contribution in [1.82, 2.24) is 0 Å². The standard InChI is InChI=1S/C36H72O3/c1-3-5-7-9-11-13-15-17-18-19-21-23-25-27-29-31-33-39-36(38)34-35(37)32-30-28-26-24-22-20-16-14-12-10-8-6-4-2/h35,37H,3-34H2,1-2H3. The van der Waals surface area contributed by atoms with Crippen LogP contribution in [0.2, 0.25) is 0 Å². The van der Waals surface area contributed by atoms with E-state index < -0.39 is 6.10 Å². The minimum atomic E-state index is -0.531. The van der Waals surface area contributed by atoms with E-state index in [2.05, 4.69) is 13.8 Å². The van der Waals surface area contributed by atoms with Gasteiger partial charge in [0.1, 0.15) is 0 Å². The van der Waals surface area contributed by atoms with Crippen LogP contribution in [0.5, 0.6) is 0 Å². The summed E-state index contributed by atoms with van der Waals surface area (Å²) in [7, 11) is 0. The molecule has 0 rings (SSSR count). The van der Waals surface area contributed by atoms with Crippen LogP contribution < -0.4 is 0 Å². The molecular formula is C36H72O3. The molecule has 0 aromatic carbocycles. The van der Waals surface area contributed by atoms with E-state index in [-0.39, 0.29) is 12.4 Å². The highest BCUT2D eigenvalue weighted by molar-refractivity contribution is 5.69. The lowest BCUT2D eigenvalue weighted by Gasteiger charge is -2.10. The Morgan fingerprint density at radius 3 is 1.08 bits per heavy atom. The zero-order chi connectivity index (χ0) is 28.5. The molecule has 0 bridgehead atoms. The molecule has 0 saturated heterocycles. The number of ether oxygens (including phenoxy) is 1. The van der Waals surface area contributed by atoms with Crippen molar-refractivity contribution < 1.29 is 14.6 Å². The minimum absolute atomic E-state index is 0.164. The fraction of sp³-hybridized carbons (Fsp3) is 0.972. The van der Waals surface area contributed by atoms with E-state index in [0.717, 1.165) is 25.7 Å². The van der Waals surface area contributed by atoms with Crippen molar-refractivity contribution in [2.45, 2.75) is 219 Å². The molecule has 1 unspecified atom stereocenters. The molecule has 3 nitrogen and oxygen atoms in total. The number of esters is 1. The number of carbonyl (C=O) groups excluding carboxylic acids is 1. The third-order valence-electron chi connectivity index (χ3n) is 8.30. The molecule has 234 valence electrons. The van der Waals surface area contributed by atoms with Gasteiger partial charge < -0.3 is 9.84 Å². The number of carbonyl (C=O) groups is 1. The van der Waals surface area contributed by atoms with Crippen LogP contribution in [0, 0.1) is 0 Å². The molecule has 0 fully saturated rings. The van der Waals surface area contributed by atoms with Gasteiger partial charge in [0.05, 0.1) is 19.1 Å². The van der Waals surface area contributed by atoms with Gasteiger partial charge in [-0.1, -0.05) is 194 Å². The van der Waals surface area contributed by atoms with Crippen molar-refractivity contribution in [2.75, 3.05) is 6.61 Å². The molecule has 0 amide bonds. The monoisotopic (exact) mass is 553 g/mol. The van der Waals surface area contributed by atoms with Crippen LogP contribution >= 0.6 is 0 Å². The van der Waals surface area contributed by atoms with Crippen molar-refractivity contribution >= 4 is 5.97 Å². The Morgan fingerprint density at radius 2 is 0.744 bits per heavy atom. The summed E-state index contributed by atoms with van der Waals surface area (Å²) in [6.07, 6.45) is 39.2. The predicted octanol–water partition coefficient (Wildman–Crippen LogP) is 12.0. The van der Waals surface area contributed by atoms with E-state index >= 15 is 0 Å². The number of aliphatic hydroxyl groups is 1. The van der Waals surface area contributed by atoms with Gasteiger partial charge in [-0.15, -0.1) is 0 Å². The molecule has 0 saturated carbocycles.